The van der Waals surface area contributed by atoms with E-state index in [0.717, 1.165) is 24.8 Å². The third-order valence-electron chi connectivity index (χ3n) is 2.35. The summed E-state index contributed by atoms with van der Waals surface area (Å²) in [7, 11) is 0. The average Bonchev–Trinajstić information content (AvgIpc) is 2.49. The van der Waals surface area contributed by atoms with Gasteiger partial charge in [0.2, 0.25) is 0 Å². The van der Waals surface area contributed by atoms with Crippen LogP contribution in [0.1, 0.15) is 29.2 Å². The zero-order valence-electron chi connectivity index (χ0n) is 6.62. The standard InChI is InChI=1S/C9H10O2S/c10-9(11)7-2-1-3-8-6(7)4-5-12-8/h4-5,7H,1-3H2,(H,10,11)/t7-/m0/s1. The number of fused-ring (bicyclic) bond motifs is 1. The Balaban J connectivity index is 2.37. The van der Waals surface area contributed by atoms with Crippen molar-refractivity contribution in [2.45, 2.75) is 25.2 Å². The molecule has 0 bridgehead atoms. The molecule has 2 nitrogen and oxygen atoms in total. The molecule has 3 heteroatoms. The summed E-state index contributed by atoms with van der Waals surface area (Å²) in [4.78, 5) is 12.1. The van der Waals surface area contributed by atoms with Gasteiger partial charge in [-0.05, 0) is 36.3 Å². The predicted molar refractivity (Wildman–Crippen MR) is 47.6 cm³/mol. The number of aliphatic carboxylic acids is 1. The molecule has 1 atom stereocenters. The lowest BCUT2D eigenvalue weighted by atomic mass is 9.88. The third kappa shape index (κ3) is 1.14. The lowest BCUT2D eigenvalue weighted by Gasteiger charge is -2.18. The van der Waals surface area contributed by atoms with Gasteiger partial charge in [0, 0.05) is 4.88 Å². The Morgan fingerprint density at radius 2 is 2.50 bits per heavy atom. The maximum atomic E-state index is 10.8. The summed E-state index contributed by atoms with van der Waals surface area (Å²) < 4.78 is 0. The molecule has 0 aromatic carbocycles. The molecule has 0 unspecified atom stereocenters. The van der Waals surface area contributed by atoms with Gasteiger partial charge in [-0.3, -0.25) is 4.79 Å². The third-order valence-corrected chi connectivity index (χ3v) is 3.35. The van der Waals surface area contributed by atoms with Crippen LogP contribution in [-0.4, -0.2) is 11.1 Å². The van der Waals surface area contributed by atoms with Gasteiger partial charge in [-0.15, -0.1) is 11.3 Å². The zero-order chi connectivity index (χ0) is 8.55. The van der Waals surface area contributed by atoms with Gasteiger partial charge in [0.15, 0.2) is 0 Å². The van der Waals surface area contributed by atoms with E-state index in [1.54, 1.807) is 11.3 Å². The highest BCUT2D eigenvalue weighted by atomic mass is 32.1. The topological polar surface area (TPSA) is 37.3 Å². The number of hydrogen-bond donors (Lipinski definition) is 1. The van der Waals surface area contributed by atoms with Crippen LogP contribution in [0.3, 0.4) is 0 Å². The summed E-state index contributed by atoms with van der Waals surface area (Å²) in [5.74, 6) is -0.908. The van der Waals surface area contributed by atoms with Gasteiger partial charge in [-0.25, -0.2) is 0 Å². The van der Waals surface area contributed by atoms with Crippen LogP contribution in [0.25, 0.3) is 0 Å². The van der Waals surface area contributed by atoms with Crippen LogP contribution in [-0.2, 0) is 11.2 Å². The zero-order valence-corrected chi connectivity index (χ0v) is 7.43. The monoisotopic (exact) mass is 182 g/mol. The minimum atomic E-state index is -0.672. The quantitative estimate of drug-likeness (QED) is 0.723. The number of rotatable bonds is 1. The number of hydrogen-bond acceptors (Lipinski definition) is 2. The highest BCUT2D eigenvalue weighted by Gasteiger charge is 2.26. The number of thiophene rings is 1. The number of carboxylic acids is 1. The highest BCUT2D eigenvalue weighted by Crippen LogP contribution is 2.34. The smallest absolute Gasteiger partial charge is 0.311 e. The summed E-state index contributed by atoms with van der Waals surface area (Å²) in [5, 5.41) is 10.9. The van der Waals surface area contributed by atoms with Crippen molar-refractivity contribution in [2.75, 3.05) is 0 Å². The lowest BCUT2D eigenvalue weighted by Crippen LogP contribution is -2.15. The summed E-state index contributed by atoms with van der Waals surface area (Å²) in [6.45, 7) is 0. The van der Waals surface area contributed by atoms with Crippen LogP contribution in [0, 0.1) is 0 Å². The molecule has 0 amide bonds. The largest absolute Gasteiger partial charge is 0.481 e. The van der Waals surface area contributed by atoms with Crippen LogP contribution in [0.15, 0.2) is 11.4 Å². The Hall–Kier alpha value is -0.830. The second kappa shape index (κ2) is 2.90. The Bertz CT molecular complexity index is 303. The SMILES string of the molecule is O=C(O)[C@H]1CCCc2sccc21. The maximum absolute atomic E-state index is 10.8. The molecule has 1 aromatic heterocycles. The van der Waals surface area contributed by atoms with Gasteiger partial charge < -0.3 is 5.11 Å². The fraction of sp³-hybridized carbons (Fsp3) is 0.444. The van der Waals surface area contributed by atoms with E-state index >= 15 is 0 Å². The molecule has 0 aliphatic heterocycles. The lowest BCUT2D eigenvalue weighted by molar-refractivity contribution is -0.139. The molecule has 0 saturated heterocycles. The van der Waals surface area contributed by atoms with E-state index in [1.165, 1.54) is 4.88 Å². The molecule has 0 radical (unpaired) electrons. The first kappa shape index (κ1) is 7.80. The second-order valence-corrected chi connectivity index (χ2v) is 4.08. The van der Waals surface area contributed by atoms with Crippen LogP contribution in [0.2, 0.25) is 0 Å². The number of carbonyl (C=O) groups is 1. The molecular formula is C9H10O2S. The predicted octanol–water partition coefficient (Wildman–Crippen LogP) is 2.25. The summed E-state index contributed by atoms with van der Waals surface area (Å²) >= 11 is 1.68. The van der Waals surface area contributed by atoms with E-state index in [9.17, 15) is 4.79 Å². The molecule has 1 N–H and O–H groups in total. The molecule has 1 heterocycles. The van der Waals surface area contributed by atoms with E-state index in [0.29, 0.717) is 0 Å². The van der Waals surface area contributed by atoms with E-state index < -0.39 is 5.97 Å². The average molecular weight is 182 g/mol. The molecule has 1 aliphatic rings. The van der Waals surface area contributed by atoms with Crippen LogP contribution >= 0.6 is 11.3 Å². The van der Waals surface area contributed by atoms with E-state index in [4.69, 9.17) is 5.11 Å². The van der Waals surface area contributed by atoms with Gasteiger partial charge in [0.05, 0.1) is 5.92 Å². The van der Waals surface area contributed by atoms with Crippen LogP contribution in [0.5, 0.6) is 0 Å². The first-order valence-electron chi connectivity index (χ1n) is 4.08. The summed E-state index contributed by atoms with van der Waals surface area (Å²) in [6.07, 6.45) is 2.89. The van der Waals surface area contributed by atoms with Crippen molar-refractivity contribution >= 4 is 17.3 Å². The Morgan fingerprint density at radius 1 is 1.67 bits per heavy atom. The molecule has 12 heavy (non-hydrogen) atoms. The fourth-order valence-corrected chi connectivity index (χ4v) is 2.73. The van der Waals surface area contributed by atoms with Gasteiger partial charge in [0.25, 0.3) is 0 Å². The first-order chi connectivity index (χ1) is 5.79. The molecule has 0 spiro atoms. The van der Waals surface area contributed by atoms with Gasteiger partial charge >= 0.3 is 5.97 Å². The second-order valence-electron chi connectivity index (χ2n) is 3.08. The Morgan fingerprint density at radius 3 is 3.25 bits per heavy atom. The van der Waals surface area contributed by atoms with Crippen molar-refractivity contribution in [2.24, 2.45) is 0 Å². The van der Waals surface area contributed by atoms with Gasteiger partial charge in [-0.1, -0.05) is 0 Å². The van der Waals surface area contributed by atoms with Crippen molar-refractivity contribution in [3.8, 4) is 0 Å². The first-order valence-corrected chi connectivity index (χ1v) is 4.96. The summed E-state index contributed by atoms with van der Waals surface area (Å²) in [6, 6.07) is 1.96. The highest BCUT2D eigenvalue weighted by molar-refractivity contribution is 7.10. The molecular weight excluding hydrogens is 172 g/mol. The van der Waals surface area contributed by atoms with E-state index in [-0.39, 0.29) is 5.92 Å². The Labute approximate surface area is 74.8 Å². The van der Waals surface area contributed by atoms with E-state index in [1.807, 2.05) is 11.4 Å². The molecule has 2 rings (SSSR count). The number of carboxylic acid groups (broad SMARTS) is 1. The molecule has 1 aromatic rings. The van der Waals surface area contributed by atoms with Crippen molar-refractivity contribution < 1.29 is 9.90 Å². The molecule has 0 fully saturated rings. The van der Waals surface area contributed by atoms with Crippen LogP contribution in [0.4, 0.5) is 0 Å². The van der Waals surface area contributed by atoms with Crippen LogP contribution < -0.4 is 0 Å². The van der Waals surface area contributed by atoms with Crippen molar-refractivity contribution in [1.29, 1.82) is 0 Å². The summed E-state index contributed by atoms with van der Waals surface area (Å²) in [5.41, 5.74) is 1.05. The van der Waals surface area contributed by atoms with Gasteiger partial charge in [0.1, 0.15) is 0 Å². The fourth-order valence-electron chi connectivity index (χ4n) is 1.74. The minimum Gasteiger partial charge on any atom is -0.481 e. The molecule has 64 valence electrons. The van der Waals surface area contributed by atoms with Crippen molar-refractivity contribution in [3.05, 3.63) is 21.9 Å². The van der Waals surface area contributed by atoms with E-state index in [2.05, 4.69) is 0 Å². The normalized spacial score (nSPS) is 21.8. The molecule has 0 saturated carbocycles. The van der Waals surface area contributed by atoms with Crippen molar-refractivity contribution in [1.82, 2.24) is 0 Å². The maximum Gasteiger partial charge on any atom is 0.311 e. The van der Waals surface area contributed by atoms with Gasteiger partial charge in [-0.2, -0.15) is 0 Å². The molecule has 1 aliphatic carbocycles. The van der Waals surface area contributed by atoms with Crippen molar-refractivity contribution in [3.63, 3.8) is 0 Å². The Kier molecular flexibility index (Phi) is 1.89. The number of aryl methyl sites for hydroxylation is 1. The minimum absolute atomic E-state index is 0.236.